The van der Waals surface area contributed by atoms with Crippen LogP contribution in [0.1, 0.15) is 27.0 Å². The van der Waals surface area contributed by atoms with Crippen molar-refractivity contribution >= 4 is 28.4 Å². The Morgan fingerprint density at radius 2 is 1.77 bits per heavy atom. The van der Waals surface area contributed by atoms with E-state index in [1.54, 1.807) is 18.2 Å². The highest BCUT2D eigenvalue weighted by molar-refractivity contribution is 6.07. The number of hydrogen-bond acceptors (Lipinski definition) is 5. The molecule has 1 aromatic heterocycles. The first-order valence-corrected chi connectivity index (χ1v) is 9.37. The average molecular weight is 401 g/mol. The number of anilines is 1. The van der Waals surface area contributed by atoms with Gasteiger partial charge in [0.15, 0.2) is 5.58 Å². The van der Waals surface area contributed by atoms with Crippen molar-refractivity contribution in [2.45, 2.75) is 20.8 Å². The number of nitrogens with one attached hydrogen (secondary N) is 1. The van der Waals surface area contributed by atoms with Crippen LogP contribution in [0.3, 0.4) is 0 Å². The second-order valence-electron chi connectivity index (χ2n) is 7.13. The molecule has 0 radical (unpaired) electrons. The number of carbonyl (C=O) groups excluding carboxylic acids is 1. The number of oxazole rings is 1. The maximum Gasteiger partial charge on any atom is 0.282 e. The number of fused-ring (bicyclic) bond motifs is 1. The predicted octanol–water partition coefficient (Wildman–Crippen LogP) is 5.58. The Kier molecular flexibility index (Phi) is 4.79. The van der Waals surface area contributed by atoms with Gasteiger partial charge in [0.05, 0.1) is 4.92 Å². The number of hydrogen-bond donors (Lipinski definition) is 1. The Labute approximate surface area is 172 Å². The van der Waals surface area contributed by atoms with E-state index < -0.39 is 10.8 Å². The van der Waals surface area contributed by atoms with E-state index in [0.717, 1.165) is 27.8 Å². The van der Waals surface area contributed by atoms with Crippen molar-refractivity contribution in [1.82, 2.24) is 4.98 Å². The number of carbonyl (C=O) groups is 1. The van der Waals surface area contributed by atoms with Crippen LogP contribution in [0.25, 0.3) is 22.6 Å². The SMILES string of the molecule is Cc1cc2nc(-c3cccc(NC(=O)c4ccccc4[N+](=O)[O-])c3C)oc2cc1C. The third-order valence-electron chi connectivity index (χ3n) is 5.16. The molecule has 1 N–H and O–H groups in total. The van der Waals surface area contributed by atoms with Crippen molar-refractivity contribution in [3.05, 3.63) is 87.0 Å². The quantitative estimate of drug-likeness (QED) is 0.355. The summed E-state index contributed by atoms with van der Waals surface area (Å²) in [6.07, 6.45) is 0. The monoisotopic (exact) mass is 401 g/mol. The molecular weight excluding hydrogens is 382 g/mol. The summed E-state index contributed by atoms with van der Waals surface area (Å²) in [4.78, 5) is 27.9. The molecule has 0 spiro atoms. The molecule has 30 heavy (non-hydrogen) atoms. The van der Waals surface area contributed by atoms with Crippen LogP contribution in [0.4, 0.5) is 11.4 Å². The van der Waals surface area contributed by atoms with E-state index in [2.05, 4.69) is 10.3 Å². The number of nitro groups is 1. The zero-order valence-electron chi connectivity index (χ0n) is 16.7. The molecule has 4 aromatic rings. The largest absolute Gasteiger partial charge is 0.436 e. The van der Waals surface area contributed by atoms with Gasteiger partial charge >= 0.3 is 0 Å². The van der Waals surface area contributed by atoms with E-state index in [4.69, 9.17) is 4.42 Å². The fourth-order valence-corrected chi connectivity index (χ4v) is 3.31. The molecule has 0 saturated carbocycles. The second-order valence-corrected chi connectivity index (χ2v) is 7.13. The molecule has 7 heteroatoms. The summed E-state index contributed by atoms with van der Waals surface area (Å²) >= 11 is 0. The Hall–Kier alpha value is -4.00. The summed E-state index contributed by atoms with van der Waals surface area (Å²) in [5.41, 5.74) is 5.49. The number of nitrogens with zero attached hydrogens (tertiary/aromatic N) is 2. The van der Waals surface area contributed by atoms with Gasteiger partial charge in [-0.1, -0.05) is 18.2 Å². The standard InChI is InChI=1S/C23H19N3O4/c1-13-11-19-21(12-14(13)2)30-23(25-19)16-8-6-9-18(15(16)3)24-22(27)17-7-4-5-10-20(17)26(28)29/h4-12H,1-3H3,(H,24,27). The van der Waals surface area contributed by atoms with Gasteiger partial charge in [-0.05, 0) is 67.8 Å². The van der Waals surface area contributed by atoms with Crippen LogP contribution in [0.15, 0.2) is 59.0 Å². The smallest absolute Gasteiger partial charge is 0.282 e. The van der Waals surface area contributed by atoms with E-state index in [0.29, 0.717) is 17.2 Å². The number of rotatable bonds is 4. The highest BCUT2D eigenvalue weighted by Gasteiger charge is 2.21. The van der Waals surface area contributed by atoms with Crippen LogP contribution in [0.2, 0.25) is 0 Å². The average Bonchev–Trinajstić information content (AvgIpc) is 3.12. The summed E-state index contributed by atoms with van der Waals surface area (Å²) in [6.45, 7) is 5.88. The van der Waals surface area contributed by atoms with Crippen molar-refractivity contribution in [1.29, 1.82) is 0 Å². The molecule has 0 atom stereocenters. The third kappa shape index (κ3) is 3.41. The van der Waals surface area contributed by atoms with E-state index in [1.165, 1.54) is 18.2 Å². The summed E-state index contributed by atoms with van der Waals surface area (Å²) in [5.74, 6) is -0.0966. The van der Waals surface area contributed by atoms with Crippen LogP contribution >= 0.6 is 0 Å². The second kappa shape index (κ2) is 7.44. The summed E-state index contributed by atoms with van der Waals surface area (Å²) in [5, 5.41) is 14.0. The normalized spacial score (nSPS) is 10.9. The Balaban J connectivity index is 1.71. The molecule has 0 aliphatic rings. The van der Waals surface area contributed by atoms with Gasteiger partial charge in [-0.25, -0.2) is 4.98 Å². The van der Waals surface area contributed by atoms with Gasteiger partial charge in [0.2, 0.25) is 5.89 Å². The molecule has 1 amide bonds. The molecule has 7 nitrogen and oxygen atoms in total. The van der Waals surface area contributed by atoms with Gasteiger partial charge in [0.1, 0.15) is 11.1 Å². The van der Waals surface area contributed by atoms with Gasteiger partial charge < -0.3 is 9.73 Å². The summed E-state index contributed by atoms with van der Waals surface area (Å²) < 4.78 is 5.95. The Morgan fingerprint density at radius 1 is 1.03 bits per heavy atom. The molecule has 0 bridgehead atoms. The number of aromatic nitrogens is 1. The number of para-hydroxylation sites is 1. The lowest BCUT2D eigenvalue weighted by atomic mass is 10.1. The predicted molar refractivity (Wildman–Crippen MR) is 115 cm³/mol. The van der Waals surface area contributed by atoms with Crippen molar-refractivity contribution in [3.8, 4) is 11.5 Å². The van der Waals surface area contributed by atoms with Gasteiger partial charge in [0.25, 0.3) is 11.6 Å². The molecule has 1 heterocycles. The van der Waals surface area contributed by atoms with E-state index in [-0.39, 0.29) is 11.3 Å². The van der Waals surface area contributed by atoms with Crippen molar-refractivity contribution in [2.75, 3.05) is 5.32 Å². The highest BCUT2D eigenvalue weighted by Crippen LogP contribution is 2.32. The van der Waals surface area contributed by atoms with E-state index in [1.807, 2.05) is 39.0 Å². The highest BCUT2D eigenvalue weighted by atomic mass is 16.6. The minimum absolute atomic E-state index is 0.000107. The van der Waals surface area contributed by atoms with Crippen LogP contribution < -0.4 is 5.32 Å². The molecular formula is C23H19N3O4. The van der Waals surface area contributed by atoms with Crippen molar-refractivity contribution < 1.29 is 14.1 Å². The Bertz CT molecular complexity index is 1270. The van der Waals surface area contributed by atoms with Crippen molar-refractivity contribution in [3.63, 3.8) is 0 Å². The maximum atomic E-state index is 12.7. The van der Waals surface area contributed by atoms with Crippen LogP contribution in [-0.4, -0.2) is 15.8 Å². The number of aryl methyl sites for hydroxylation is 2. The molecule has 0 fully saturated rings. The molecule has 0 aliphatic heterocycles. The summed E-state index contributed by atoms with van der Waals surface area (Å²) in [6, 6.07) is 15.2. The van der Waals surface area contributed by atoms with Crippen LogP contribution in [0.5, 0.6) is 0 Å². The molecule has 4 rings (SSSR count). The van der Waals surface area contributed by atoms with E-state index in [9.17, 15) is 14.9 Å². The van der Waals surface area contributed by atoms with E-state index >= 15 is 0 Å². The van der Waals surface area contributed by atoms with Gasteiger partial charge in [-0.15, -0.1) is 0 Å². The molecule has 150 valence electrons. The molecule has 0 unspecified atom stereocenters. The third-order valence-corrected chi connectivity index (χ3v) is 5.16. The first-order valence-electron chi connectivity index (χ1n) is 9.37. The Morgan fingerprint density at radius 3 is 2.53 bits per heavy atom. The summed E-state index contributed by atoms with van der Waals surface area (Å²) in [7, 11) is 0. The number of nitro benzene ring substituents is 1. The number of amides is 1. The first-order chi connectivity index (χ1) is 14.3. The lowest BCUT2D eigenvalue weighted by Crippen LogP contribution is -2.14. The minimum Gasteiger partial charge on any atom is -0.436 e. The maximum absolute atomic E-state index is 12.7. The lowest BCUT2D eigenvalue weighted by Gasteiger charge is -2.11. The minimum atomic E-state index is -0.569. The lowest BCUT2D eigenvalue weighted by molar-refractivity contribution is -0.385. The van der Waals surface area contributed by atoms with Crippen molar-refractivity contribution in [2.24, 2.45) is 0 Å². The zero-order chi connectivity index (χ0) is 21.4. The topological polar surface area (TPSA) is 98.3 Å². The molecule has 0 saturated heterocycles. The fourth-order valence-electron chi connectivity index (χ4n) is 3.31. The van der Waals surface area contributed by atoms with Gasteiger partial charge in [0, 0.05) is 17.3 Å². The van der Waals surface area contributed by atoms with Crippen LogP contribution in [-0.2, 0) is 0 Å². The first kappa shape index (κ1) is 19.3. The fraction of sp³-hybridized carbons (Fsp3) is 0.130. The zero-order valence-corrected chi connectivity index (χ0v) is 16.7. The van der Waals surface area contributed by atoms with Gasteiger partial charge in [-0.3, -0.25) is 14.9 Å². The van der Waals surface area contributed by atoms with Crippen LogP contribution in [0, 0.1) is 30.9 Å². The number of benzene rings is 3. The van der Waals surface area contributed by atoms with Gasteiger partial charge in [-0.2, -0.15) is 0 Å². The molecule has 3 aromatic carbocycles. The molecule has 0 aliphatic carbocycles.